The normalized spacial score (nSPS) is 17.5. The quantitative estimate of drug-likeness (QED) is 0.680. The second-order valence-electron chi connectivity index (χ2n) is 7.23. The molecule has 4 rings (SSSR count). The molecule has 2 aromatic carbocycles. The average Bonchev–Trinajstić information content (AvgIpc) is 2.79. The van der Waals surface area contributed by atoms with Gasteiger partial charge in [0.2, 0.25) is 10.0 Å². The molecular formula is C21H27N2O6S+. The van der Waals surface area contributed by atoms with Crippen LogP contribution in [0, 0.1) is 0 Å². The molecule has 0 aliphatic carbocycles. The summed E-state index contributed by atoms with van der Waals surface area (Å²) in [6, 6.07) is 12.3. The molecule has 0 spiro atoms. The maximum Gasteiger partial charge on any atom is 0.243 e. The van der Waals surface area contributed by atoms with E-state index in [2.05, 4.69) is 0 Å². The van der Waals surface area contributed by atoms with Crippen LogP contribution in [-0.4, -0.2) is 72.4 Å². The Labute approximate surface area is 176 Å². The van der Waals surface area contributed by atoms with Gasteiger partial charge in [0.25, 0.3) is 0 Å². The van der Waals surface area contributed by atoms with E-state index in [4.69, 9.17) is 18.9 Å². The molecule has 9 heteroatoms. The van der Waals surface area contributed by atoms with Gasteiger partial charge in [-0.2, -0.15) is 4.31 Å². The summed E-state index contributed by atoms with van der Waals surface area (Å²) in [5.41, 5.74) is 0. The maximum atomic E-state index is 13.0. The number of quaternary nitrogens is 1. The van der Waals surface area contributed by atoms with Gasteiger partial charge in [0.1, 0.15) is 37.9 Å². The molecule has 1 saturated heterocycles. The predicted octanol–water partition coefficient (Wildman–Crippen LogP) is 0.435. The molecule has 1 fully saturated rings. The third kappa shape index (κ3) is 4.63. The Morgan fingerprint density at radius 2 is 1.63 bits per heavy atom. The van der Waals surface area contributed by atoms with E-state index in [0.717, 1.165) is 31.1 Å². The standard InChI is InChI=1S/C21H26N2O6S/c1-26-17-2-4-18(5-3-17)27-13-12-22-8-10-23(11-9-22)30(24,25)19-6-7-20-21(16-19)29-15-14-28-20/h2-7,16H,8-15H2,1H3/p+1. The summed E-state index contributed by atoms with van der Waals surface area (Å²) in [4.78, 5) is 1.58. The Balaban J connectivity index is 1.28. The molecule has 0 unspecified atom stereocenters. The monoisotopic (exact) mass is 435 g/mol. The van der Waals surface area contributed by atoms with Crippen molar-refractivity contribution in [3.63, 3.8) is 0 Å². The number of methoxy groups -OCH3 is 1. The number of hydrogen-bond donors (Lipinski definition) is 1. The van der Waals surface area contributed by atoms with Gasteiger partial charge in [0, 0.05) is 6.07 Å². The number of nitrogens with one attached hydrogen (secondary N) is 1. The number of piperazine rings is 1. The topological polar surface area (TPSA) is 78.7 Å². The summed E-state index contributed by atoms with van der Waals surface area (Å²) in [6.45, 7) is 4.76. The molecule has 8 nitrogen and oxygen atoms in total. The third-order valence-electron chi connectivity index (χ3n) is 5.36. The van der Waals surface area contributed by atoms with Crippen LogP contribution in [0.15, 0.2) is 47.4 Å². The molecule has 2 aliphatic heterocycles. The SMILES string of the molecule is COc1ccc(OCC[NH+]2CCN(S(=O)(=O)c3ccc4c(c3)OCCO4)CC2)cc1. The zero-order valence-electron chi connectivity index (χ0n) is 17.0. The summed E-state index contributed by atoms with van der Waals surface area (Å²) in [7, 11) is -1.92. The van der Waals surface area contributed by atoms with Gasteiger partial charge in [-0.05, 0) is 36.4 Å². The third-order valence-corrected chi connectivity index (χ3v) is 7.26. The first-order chi connectivity index (χ1) is 14.6. The molecule has 162 valence electrons. The average molecular weight is 436 g/mol. The summed E-state index contributed by atoms with van der Waals surface area (Å²) in [6.07, 6.45) is 0. The molecule has 0 bridgehead atoms. The highest BCUT2D eigenvalue weighted by Crippen LogP contribution is 2.33. The zero-order valence-corrected chi connectivity index (χ0v) is 17.8. The van der Waals surface area contributed by atoms with E-state index in [1.165, 1.54) is 4.90 Å². The van der Waals surface area contributed by atoms with Crippen molar-refractivity contribution in [1.82, 2.24) is 4.31 Å². The molecular weight excluding hydrogens is 408 g/mol. The molecule has 30 heavy (non-hydrogen) atoms. The Hall–Kier alpha value is -2.49. The van der Waals surface area contributed by atoms with Crippen LogP contribution in [0.3, 0.4) is 0 Å². The van der Waals surface area contributed by atoms with Crippen molar-refractivity contribution in [2.75, 3.05) is 59.7 Å². The fourth-order valence-corrected chi connectivity index (χ4v) is 5.07. The molecule has 2 heterocycles. The fraction of sp³-hybridized carbons (Fsp3) is 0.429. The Morgan fingerprint density at radius 1 is 0.967 bits per heavy atom. The van der Waals surface area contributed by atoms with E-state index in [1.807, 2.05) is 24.3 Å². The smallest absolute Gasteiger partial charge is 0.243 e. The number of sulfonamides is 1. The molecule has 1 N–H and O–H groups in total. The van der Waals surface area contributed by atoms with Crippen LogP contribution in [0.2, 0.25) is 0 Å². The van der Waals surface area contributed by atoms with Gasteiger partial charge in [0.05, 0.1) is 38.2 Å². The van der Waals surface area contributed by atoms with Crippen LogP contribution >= 0.6 is 0 Å². The lowest BCUT2D eigenvalue weighted by Crippen LogP contribution is -3.15. The van der Waals surface area contributed by atoms with Gasteiger partial charge in [0.15, 0.2) is 11.5 Å². The lowest BCUT2D eigenvalue weighted by atomic mass is 10.3. The van der Waals surface area contributed by atoms with Crippen LogP contribution < -0.4 is 23.8 Å². The first-order valence-electron chi connectivity index (χ1n) is 10.1. The summed E-state index contributed by atoms with van der Waals surface area (Å²) < 4.78 is 49.5. The maximum absolute atomic E-state index is 13.0. The fourth-order valence-electron chi connectivity index (χ4n) is 3.61. The lowest BCUT2D eigenvalue weighted by molar-refractivity contribution is -0.903. The Morgan fingerprint density at radius 3 is 2.33 bits per heavy atom. The van der Waals surface area contributed by atoms with E-state index in [9.17, 15) is 8.42 Å². The lowest BCUT2D eigenvalue weighted by Gasteiger charge is -2.31. The summed E-state index contributed by atoms with van der Waals surface area (Å²) in [5, 5.41) is 0. The summed E-state index contributed by atoms with van der Waals surface area (Å²) >= 11 is 0. The van der Waals surface area contributed by atoms with Crippen molar-refractivity contribution in [2.24, 2.45) is 0 Å². The number of hydrogen-bond acceptors (Lipinski definition) is 6. The number of nitrogens with zero attached hydrogens (tertiary/aromatic N) is 1. The summed E-state index contributed by atoms with van der Waals surface area (Å²) in [5.74, 6) is 2.67. The minimum atomic E-state index is -3.55. The van der Waals surface area contributed by atoms with E-state index < -0.39 is 10.0 Å². The Bertz CT molecular complexity index is 956. The second-order valence-corrected chi connectivity index (χ2v) is 9.17. The van der Waals surface area contributed by atoms with Crippen LogP contribution in [0.4, 0.5) is 0 Å². The first-order valence-corrected chi connectivity index (χ1v) is 11.5. The molecule has 0 aromatic heterocycles. The Kier molecular flexibility index (Phi) is 6.31. The molecule has 0 atom stereocenters. The van der Waals surface area contributed by atoms with Crippen molar-refractivity contribution in [1.29, 1.82) is 0 Å². The van der Waals surface area contributed by atoms with Gasteiger partial charge in [-0.3, -0.25) is 0 Å². The largest absolute Gasteiger partial charge is 0.497 e. The van der Waals surface area contributed by atoms with Gasteiger partial charge in [-0.15, -0.1) is 0 Å². The van der Waals surface area contributed by atoms with E-state index in [-0.39, 0.29) is 4.90 Å². The molecule has 0 saturated carbocycles. The van der Waals surface area contributed by atoms with E-state index in [0.29, 0.717) is 44.4 Å². The number of rotatable bonds is 7. The predicted molar refractivity (Wildman–Crippen MR) is 110 cm³/mol. The van der Waals surface area contributed by atoms with Crippen molar-refractivity contribution in [3.05, 3.63) is 42.5 Å². The highest BCUT2D eigenvalue weighted by atomic mass is 32.2. The van der Waals surface area contributed by atoms with E-state index >= 15 is 0 Å². The highest BCUT2D eigenvalue weighted by Gasteiger charge is 2.31. The first kappa shape index (κ1) is 20.8. The van der Waals surface area contributed by atoms with Crippen molar-refractivity contribution < 1.29 is 32.3 Å². The van der Waals surface area contributed by atoms with Crippen LogP contribution in [0.1, 0.15) is 0 Å². The van der Waals surface area contributed by atoms with Crippen LogP contribution in [-0.2, 0) is 10.0 Å². The van der Waals surface area contributed by atoms with Crippen molar-refractivity contribution in [2.45, 2.75) is 4.90 Å². The van der Waals surface area contributed by atoms with Gasteiger partial charge in [-0.1, -0.05) is 0 Å². The van der Waals surface area contributed by atoms with Gasteiger partial charge < -0.3 is 23.8 Å². The molecule has 0 amide bonds. The number of ether oxygens (including phenoxy) is 4. The minimum absolute atomic E-state index is 0.248. The van der Waals surface area contributed by atoms with Crippen LogP contribution in [0.5, 0.6) is 23.0 Å². The van der Waals surface area contributed by atoms with Crippen LogP contribution in [0.25, 0.3) is 0 Å². The molecule has 0 radical (unpaired) electrons. The van der Waals surface area contributed by atoms with Gasteiger partial charge in [-0.25, -0.2) is 8.42 Å². The van der Waals surface area contributed by atoms with Crippen molar-refractivity contribution in [3.8, 4) is 23.0 Å². The van der Waals surface area contributed by atoms with E-state index in [1.54, 1.807) is 29.6 Å². The number of benzene rings is 2. The molecule has 2 aliphatic rings. The minimum Gasteiger partial charge on any atom is -0.497 e. The number of fused-ring (bicyclic) bond motifs is 1. The molecule has 2 aromatic rings. The van der Waals surface area contributed by atoms with Crippen molar-refractivity contribution >= 4 is 10.0 Å². The highest BCUT2D eigenvalue weighted by molar-refractivity contribution is 7.89. The van der Waals surface area contributed by atoms with Gasteiger partial charge >= 0.3 is 0 Å². The zero-order chi connectivity index (χ0) is 21.0. The second kappa shape index (κ2) is 9.11.